The molecular weight excluding hydrogens is 226 g/mol. The molecule has 1 saturated carbocycles. The zero-order valence-electron chi connectivity index (χ0n) is 9.28. The Morgan fingerprint density at radius 1 is 1.50 bits per heavy atom. The predicted molar refractivity (Wildman–Crippen MR) is 63.6 cm³/mol. The van der Waals surface area contributed by atoms with Crippen LogP contribution in [0.2, 0.25) is 5.28 Å². The van der Waals surface area contributed by atoms with E-state index in [1.54, 1.807) is 0 Å². The lowest BCUT2D eigenvalue weighted by Gasteiger charge is -2.15. The van der Waals surface area contributed by atoms with Crippen LogP contribution in [0.1, 0.15) is 25.0 Å². The lowest BCUT2D eigenvalue weighted by atomic mass is 10.1. The van der Waals surface area contributed by atoms with Gasteiger partial charge in [-0.15, -0.1) is 0 Å². The van der Waals surface area contributed by atoms with Crippen LogP contribution in [0, 0.1) is 12.8 Å². The average molecular weight is 242 g/mol. The average Bonchev–Trinajstić information content (AvgIpc) is 2.59. The zero-order chi connectivity index (χ0) is 11.5. The van der Waals surface area contributed by atoms with E-state index < -0.39 is 0 Å². The molecule has 2 rings (SSSR count). The van der Waals surface area contributed by atoms with E-state index in [0.717, 1.165) is 37.3 Å². The number of hydrogen-bond donors (Lipinski definition) is 2. The van der Waals surface area contributed by atoms with Gasteiger partial charge in [-0.1, -0.05) is 6.42 Å². The second-order valence-electron chi connectivity index (χ2n) is 4.30. The number of anilines is 1. The first-order valence-electron chi connectivity index (χ1n) is 5.58. The van der Waals surface area contributed by atoms with Crippen LogP contribution < -0.4 is 5.32 Å². The molecule has 1 aliphatic rings. The summed E-state index contributed by atoms with van der Waals surface area (Å²) in [7, 11) is 0. The number of aliphatic hydroxyl groups excluding tert-OH is 1. The molecule has 0 aromatic carbocycles. The number of aliphatic hydroxyl groups is 1. The second kappa shape index (κ2) is 4.97. The molecule has 88 valence electrons. The molecule has 1 aliphatic carbocycles. The van der Waals surface area contributed by atoms with Crippen molar-refractivity contribution >= 4 is 17.4 Å². The fourth-order valence-corrected chi connectivity index (χ4v) is 2.34. The zero-order valence-corrected chi connectivity index (χ0v) is 10.0. The fraction of sp³-hybridized carbons (Fsp3) is 0.636. The molecule has 0 radical (unpaired) electrons. The van der Waals surface area contributed by atoms with E-state index in [-0.39, 0.29) is 11.4 Å². The molecule has 4 nitrogen and oxygen atoms in total. The molecule has 0 bridgehead atoms. The van der Waals surface area contributed by atoms with E-state index in [9.17, 15) is 5.11 Å². The monoisotopic (exact) mass is 241 g/mol. The lowest BCUT2D eigenvalue weighted by molar-refractivity contribution is 0.138. The SMILES string of the molecule is Cc1cc(NCC2CCCC2O)nc(Cl)n1. The summed E-state index contributed by atoms with van der Waals surface area (Å²) in [6.07, 6.45) is 2.92. The third-order valence-corrected chi connectivity index (χ3v) is 3.16. The highest BCUT2D eigenvalue weighted by Crippen LogP contribution is 2.25. The van der Waals surface area contributed by atoms with Gasteiger partial charge in [0.2, 0.25) is 5.28 Å². The van der Waals surface area contributed by atoms with Gasteiger partial charge in [0.25, 0.3) is 0 Å². The minimum Gasteiger partial charge on any atom is -0.393 e. The van der Waals surface area contributed by atoms with Gasteiger partial charge in [0, 0.05) is 24.2 Å². The van der Waals surface area contributed by atoms with Gasteiger partial charge >= 0.3 is 0 Å². The van der Waals surface area contributed by atoms with Crippen molar-refractivity contribution < 1.29 is 5.11 Å². The minimum atomic E-state index is -0.175. The van der Waals surface area contributed by atoms with Gasteiger partial charge in [-0.25, -0.2) is 9.97 Å². The van der Waals surface area contributed by atoms with E-state index in [1.165, 1.54) is 0 Å². The van der Waals surface area contributed by atoms with Crippen molar-refractivity contribution in [3.05, 3.63) is 17.0 Å². The summed E-state index contributed by atoms with van der Waals surface area (Å²) >= 11 is 5.76. The van der Waals surface area contributed by atoms with Crippen molar-refractivity contribution in [2.45, 2.75) is 32.3 Å². The van der Waals surface area contributed by atoms with Gasteiger partial charge in [0.1, 0.15) is 5.82 Å². The first-order chi connectivity index (χ1) is 7.65. The van der Waals surface area contributed by atoms with Crippen molar-refractivity contribution in [2.75, 3.05) is 11.9 Å². The highest BCUT2D eigenvalue weighted by atomic mass is 35.5. The lowest BCUT2D eigenvalue weighted by Crippen LogP contribution is -2.22. The standard InChI is InChI=1S/C11H16ClN3O/c1-7-5-10(15-11(12)14-7)13-6-8-3-2-4-9(8)16/h5,8-9,16H,2-4,6H2,1H3,(H,13,14,15). The molecular formula is C11H16ClN3O. The second-order valence-corrected chi connectivity index (χ2v) is 4.64. The molecule has 1 fully saturated rings. The highest BCUT2D eigenvalue weighted by molar-refractivity contribution is 6.28. The van der Waals surface area contributed by atoms with Gasteiger partial charge in [-0.05, 0) is 31.4 Å². The largest absolute Gasteiger partial charge is 0.393 e. The van der Waals surface area contributed by atoms with Crippen molar-refractivity contribution in [2.24, 2.45) is 5.92 Å². The van der Waals surface area contributed by atoms with Crippen molar-refractivity contribution in [1.29, 1.82) is 0 Å². The number of nitrogens with zero attached hydrogens (tertiary/aromatic N) is 2. The summed E-state index contributed by atoms with van der Waals surface area (Å²) < 4.78 is 0. The Morgan fingerprint density at radius 3 is 2.94 bits per heavy atom. The van der Waals surface area contributed by atoms with Crippen molar-refractivity contribution in [3.8, 4) is 0 Å². The highest BCUT2D eigenvalue weighted by Gasteiger charge is 2.24. The maximum atomic E-state index is 9.68. The number of hydrogen-bond acceptors (Lipinski definition) is 4. The summed E-state index contributed by atoms with van der Waals surface area (Å²) in [5.74, 6) is 1.06. The Hall–Kier alpha value is -0.870. The Kier molecular flexibility index (Phi) is 3.61. The maximum Gasteiger partial charge on any atom is 0.224 e. The molecule has 2 atom stereocenters. The normalized spacial score (nSPS) is 24.7. The van der Waals surface area contributed by atoms with Crippen LogP contribution in [-0.2, 0) is 0 Å². The Bertz CT molecular complexity index is 352. The van der Waals surface area contributed by atoms with Crippen LogP contribution in [0.15, 0.2) is 6.07 Å². The van der Waals surface area contributed by atoms with E-state index >= 15 is 0 Å². The number of aryl methyl sites for hydroxylation is 1. The molecule has 2 N–H and O–H groups in total. The predicted octanol–water partition coefficient (Wildman–Crippen LogP) is 2.01. The van der Waals surface area contributed by atoms with Crippen LogP contribution >= 0.6 is 11.6 Å². The molecule has 5 heteroatoms. The first kappa shape index (κ1) is 11.6. The first-order valence-corrected chi connectivity index (χ1v) is 5.96. The molecule has 0 saturated heterocycles. The summed E-state index contributed by atoms with van der Waals surface area (Å²) in [5, 5.41) is 13.1. The molecule has 16 heavy (non-hydrogen) atoms. The van der Waals surface area contributed by atoms with E-state index in [2.05, 4.69) is 15.3 Å². The Morgan fingerprint density at radius 2 is 2.31 bits per heavy atom. The summed E-state index contributed by atoms with van der Waals surface area (Å²) in [6.45, 7) is 2.62. The molecule has 0 spiro atoms. The summed E-state index contributed by atoms with van der Waals surface area (Å²) in [6, 6.07) is 1.85. The van der Waals surface area contributed by atoms with Gasteiger partial charge in [0.15, 0.2) is 0 Å². The quantitative estimate of drug-likeness (QED) is 0.795. The number of nitrogens with one attached hydrogen (secondary N) is 1. The summed E-state index contributed by atoms with van der Waals surface area (Å²) in [4.78, 5) is 8.08. The third-order valence-electron chi connectivity index (χ3n) is 2.99. The van der Waals surface area contributed by atoms with E-state index in [4.69, 9.17) is 11.6 Å². The molecule has 1 aromatic rings. The molecule has 0 amide bonds. The summed E-state index contributed by atoms with van der Waals surface area (Å²) in [5.41, 5.74) is 0.842. The van der Waals surface area contributed by atoms with Gasteiger partial charge < -0.3 is 10.4 Å². The number of halogens is 1. The number of rotatable bonds is 3. The Balaban J connectivity index is 1.94. The van der Waals surface area contributed by atoms with Crippen LogP contribution in [0.3, 0.4) is 0 Å². The third kappa shape index (κ3) is 2.83. The number of aromatic nitrogens is 2. The van der Waals surface area contributed by atoms with Gasteiger partial charge in [0.05, 0.1) is 6.10 Å². The van der Waals surface area contributed by atoms with Crippen molar-refractivity contribution in [1.82, 2.24) is 9.97 Å². The van der Waals surface area contributed by atoms with Crippen LogP contribution in [0.5, 0.6) is 0 Å². The molecule has 2 unspecified atom stereocenters. The van der Waals surface area contributed by atoms with E-state index in [1.807, 2.05) is 13.0 Å². The van der Waals surface area contributed by atoms with Crippen LogP contribution in [0.4, 0.5) is 5.82 Å². The molecule has 1 heterocycles. The van der Waals surface area contributed by atoms with E-state index in [0.29, 0.717) is 5.92 Å². The Labute approximate surface area is 100 Å². The fourth-order valence-electron chi connectivity index (χ4n) is 2.11. The van der Waals surface area contributed by atoms with Crippen LogP contribution in [-0.4, -0.2) is 27.7 Å². The van der Waals surface area contributed by atoms with Crippen molar-refractivity contribution in [3.63, 3.8) is 0 Å². The topological polar surface area (TPSA) is 58.0 Å². The minimum absolute atomic E-state index is 0.175. The molecule has 1 aromatic heterocycles. The smallest absolute Gasteiger partial charge is 0.224 e. The molecule has 0 aliphatic heterocycles. The van der Waals surface area contributed by atoms with Crippen LogP contribution in [0.25, 0.3) is 0 Å². The van der Waals surface area contributed by atoms with Gasteiger partial charge in [-0.2, -0.15) is 0 Å². The maximum absolute atomic E-state index is 9.68. The van der Waals surface area contributed by atoms with Gasteiger partial charge in [-0.3, -0.25) is 0 Å².